The van der Waals surface area contributed by atoms with Gasteiger partial charge in [-0.2, -0.15) is 0 Å². The van der Waals surface area contributed by atoms with Crippen LogP contribution in [-0.2, 0) is 16.1 Å². The fraction of sp³-hybridized carbons (Fsp3) is 0.600. The average molecular weight is 414 g/mol. The Bertz CT molecular complexity index is 1020. The Morgan fingerprint density at radius 3 is 2.90 bits per heavy atom. The van der Waals surface area contributed by atoms with Gasteiger partial charge in [-0.05, 0) is 38.5 Å². The van der Waals surface area contributed by atoms with Crippen LogP contribution in [0.25, 0.3) is 11.2 Å². The van der Waals surface area contributed by atoms with Crippen molar-refractivity contribution in [1.82, 2.24) is 24.8 Å². The molecule has 1 amide bonds. The minimum absolute atomic E-state index is 0.0226. The van der Waals surface area contributed by atoms with Gasteiger partial charge in [0, 0.05) is 13.0 Å². The molecule has 1 unspecified atom stereocenters. The molecule has 2 atom stereocenters. The fourth-order valence-corrected chi connectivity index (χ4v) is 4.00. The first kappa shape index (κ1) is 20.5. The van der Waals surface area contributed by atoms with Gasteiger partial charge in [-0.1, -0.05) is 5.92 Å². The highest BCUT2D eigenvalue weighted by Gasteiger charge is 2.42. The van der Waals surface area contributed by atoms with Crippen molar-refractivity contribution in [2.75, 3.05) is 18.9 Å². The Hall–Kier alpha value is -2.74. The molecule has 30 heavy (non-hydrogen) atoms. The van der Waals surface area contributed by atoms with E-state index in [9.17, 15) is 15.0 Å². The van der Waals surface area contributed by atoms with Crippen molar-refractivity contribution < 1.29 is 19.7 Å². The van der Waals surface area contributed by atoms with E-state index in [1.165, 1.54) is 6.33 Å². The molecule has 2 fully saturated rings. The maximum absolute atomic E-state index is 12.0. The lowest BCUT2D eigenvalue weighted by atomic mass is 10.00. The van der Waals surface area contributed by atoms with Gasteiger partial charge in [0.15, 0.2) is 11.5 Å². The van der Waals surface area contributed by atoms with E-state index in [0.717, 1.165) is 12.8 Å². The molecular weight excluding hydrogens is 388 g/mol. The van der Waals surface area contributed by atoms with Crippen LogP contribution in [0.2, 0.25) is 0 Å². The molecule has 1 aliphatic heterocycles. The van der Waals surface area contributed by atoms with E-state index in [1.807, 2.05) is 6.92 Å². The van der Waals surface area contributed by atoms with Gasteiger partial charge in [0.2, 0.25) is 11.7 Å². The summed E-state index contributed by atoms with van der Waals surface area (Å²) in [5.74, 6) is 5.83. The van der Waals surface area contributed by atoms with E-state index >= 15 is 0 Å². The van der Waals surface area contributed by atoms with Crippen LogP contribution in [0.4, 0.5) is 5.82 Å². The summed E-state index contributed by atoms with van der Waals surface area (Å²) in [6, 6.07) is 0. The van der Waals surface area contributed by atoms with Crippen LogP contribution in [0.15, 0.2) is 6.33 Å². The van der Waals surface area contributed by atoms with Crippen molar-refractivity contribution >= 4 is 22.9 Å². The number of rotatable bonds is 4. The van der Waals surface area contributed by atoms with Gasteiger partial charge in [-0.25, -0.2) is 15.0 Å². The number of nitrogens with one attached hydrogen (secondary N) is 1. The Kier molecular flexibility index (Phi) is 5.36. The van der Waals surface area contributed by atoms with Crippen molar-refractivity contribution in [3.05, 3.63) is 12.2 Å². The lowest BCUT2D eigenvalue weighted by Crippen LogP contribution is -2.38. The number of ether oxygens (including phenoxy) is 1. The first-order valence-corrected chi connectivity index (χ1v) is 10.2. The molecule has 160 valence electrons. The van der Waals surface area contributed by atoms with Crippen LogP contribution >= 0.6 is 0 Å². The number of anilines is 1. The van der Waals surface area contributed by atoms with E-state index in [1.54, 1.807) is 4.57 Å². The second kappa shape index (κ2) is 7.83. The predicted octanol–water partition coefficient (Wildman–Crippen LogP) is -0.279. The van der Waals surface area contributed by atoms with Gasteiger partial charge in [0.1, 0.15) is 22.8 Å². The Balaban J connectivity index is 1.57. The molecule has 3 heterocycles. The van der Waals surface area contributed by atoms with E-state index in [2.05, 4.69) is 32.1 Å². The van der Waals surface area contributed by atoms with Gasteiger partial charge >= 0.3 is 0 Å². The smallest absolute Gasteiger partial charge is 0.249 e. The average Bonchev–Trinajstić information content (AvgIpc) is 3.41. The fourth-order valence-electron chi connectivity index (χ4n) is 4.00. The van der Waals surface area contributed by atoms with Crippen LogP contribution in [0, 0.1) is 11.8 Å². The zero-order valence-corrected chi connectivity index (χ0v) is 16.9. The van der Waals surface area contributed by atoms with Crippen LogP contribution in [0.3, 0.4) is 0 Å². The standard InChI is InChI=1S/C20H26N6O4/c1-2-22-18(27)13-9-20(29,11-30-13)10-26-12-23-15-16(21)24-14(25-17(15)26)5-8-19(28)6-3-4-7-19/h12-13,28-29H,2-4,6-7,9-11H2,1H3,(H,22,27)(H2,21,24,25)/t13-,20?/m0/s1. The molecule has 10 heteroatoms. The first-order valence-electron chi connectivity index (χ1n) is 10.2. The van der Waals surface area contributed by atoms with Crippen LogP contribution in [-0.4, -0.2) is 66.1 Å². The summed E-state index contributed by atoms with van der Waals surface area (Å²) in [5, 5.41) is 24.1. The number of imidazole rings is 1. The number of carbonyl (C=O) groups is 1. The van der Waals surface area contributed by atoms with E-state index in [0.29, 0.717) is 30.6 Å². The van der Waals surface area contributed by atoms with Gasteiger partial charge in [0.25, 0.3) is 0 Å². The molecule has 1 saturated carbocycles. The minimum atomic E-state index is -1.24. The van der Waals surface area contributed by atoms with E-state index in [-0.39, 0.29) is 37.1 Å². The highest BCUT2D eigenvalue weighted by Crippen LogP contribution is 2.29. The number of hydrogen-bond acceptors (Lipinski definition) is 8. The number of fused-ring (bicyclic) bond motifs is 1. The van der Waals surface area contributed by atoms with Gasteiger partial charge in [-0.15, -0.1) is 0 Å². The number of nitrogens with two attached hydrogens (primary N) is 1. The molecule has 1 aliphatic carbocycles. The molecule has 5 N–H and O–H groups in total. The van der Waals surface area contributed by atoms with Crippen molar-refractivity contribution in [1.29, 1.82) is 0 Å². The van der Waals surface area contributed by atoms with E-state index < -0.39 is 17.3 Å². The van der Waals surface area contributed by atoms with Crippen LogP contribution < -0.4 is 11.1 Å². The zero-order valence-electron chi connectivity index (χ0n) is 16.9. The monoisotopic (exact) mass is 414 g/mol. The number of nitrogen functional groups attached to an aromatic ring is 1. The molecule has 0 radical (unpaired) electrons. The molecule has 10 nitrogen and oxygen atoms in total. The topological polar surface area (TPSA) is 148 Å². The third-order valence-electron chi connectivity index (χ3n) is 5.56. The van der Waals surface area contributed by atoms with Crippen molar-refractivity contribution in [2.24, 2.45) is 0 Å². The predicted molar refractivity (Wildman–Crippen MR) is 108 cm³/mol. The Morgan fingerprint density at radius 2 is 2.17 bits per heavy atom. The number of hydrogen-bond donors (Lipinski definition) is 4. The summed E-state index contributed by atoms with van der Waals surface area (Å²) < 4.78 is 7.15. The Labute approximate surface area is 173 Å². The molecule has 0 bridgehead atoms. The van der Waals surface area contributed by atoms with Gasteiger partial charge in [-0.3, -0.25) is 4.79 Å². The molecule has 0 aromatic carbocycles. The summed E-state index contributed by atoms with van der Waals surface area (Å²) in [5.41, 5.74) is 4.62. The first-order chi connectivity index (χ1) is 14.3. The summed E-state index contributed by atoms with van der Waals surface area (Å²) in [6.07, 6.45) is 4.15. The molecule has 1 saturated heterocycles. The molecule has 2 aromatic rings. The van der Waals surface area contributed by atoms with Crippen LogP contribution in [0.5, 0.6) is 0 Å². The summed E-state index contributed by atoms with van der Waals surface area (Å²) in [7, 11) is 0. The quantitative estimate of drug-likeness (QED) is 0.499. The number of amides is 1. The SMILES string of the molecule is CCNC(=O)[C@@H]1CC(O)(Cn2cnc3c(N)nc(C#CC4(O)CCCC4)nc32)CO1. The lowest BCUT2D eigenvalue weighted by Gasteiger charge is -2.21. The van der Waals surface area contributed by atoms with Gasteiger partial charge in [0.05, 0.1) is 19.5 Å². The molecule has 2 aliphatic rings. The third kappa shape index (κ3) is 4.09. The van der Waals surface area contributed by atoms with Crippen molar-refractivity contribution in [3.63, 3.8) is 0 Å². The number of aliphatic hydroxyl groups is 2. The summed E-state index contributed by atoms with van der Waals surface area (Å²) in [4.78, 5) is 24.9. The van der Waals surface area contributed by atoms with Crippen LogP contribution in [0.1, 0.15) is 44.9 Å². The van der Waals surface area contributed by atoms with Gasteiger partial charge < -0.3 is 30.6 Å². The second-order valence-corrected chi connectivity index (χ2v) is 8.09. The highest BCUT2D eigenvalue weighted by molar-refractivity contribution is 5.82. The normalized spacial score (nSPS) is 25.2. The summed E-state index contributed by atoms with van der Waals surface area (Å²) in [6.45, 7) is 2.48. The van der Waals surface area contributed by atoms with E-state index in [4.69, 9.17) is 10.5 Å². The number of carbonyl (C=O) groups excluding carboxylic acids is 1. The maximum Gasteiger partial charge on any atom is 0.249 e. The second-order valence-electron chi connectivity index (χ2n) is 8.09. The summed E-state index contributed by atoms with van der Waals surface area (Å²) >= 11 is 0. The number of likely N-dealkylation sites (N-methyl/N-ethyl adjacent to an activating group) is 1. The lowest BCUT2D eigenvalue weighted by molar-refractivity contribution is -0.129. The molecule has 0 spiro atoms. The zero-order chi connectivity index (χ0) is 21.4. The molecule has 4 rings (SSSR count). The minimum Gasteiger partial charge on any atom is -0.385 e. The van der Waals surface area contributed by atoms with Crippen molar-refractivity contribution in [3.8, 4) is 11.8 Å². The highest BCUT2D eigenvalue weighted by atomic mass is 16.5. The number of nitrogens with zero attached hydrogens (tertiary/aromatic N) is 4. The third-order valence-corrected chi connectivity index (χ3v) is 5.56. The molecular formula is C20H26N6O4. The maximum atomic E-state index is 12.0. The molecule has 2 aromatic heterocycles. The Morgan fingerprint density at radius 1 is 1.40 bits per heavy atom. The number of aromatic nitrogens is 4. The largest absolute Gasteiger partial charge is 0.385 e. The van der Waals surface area contributed by atoms with Crippen molar-refractivity contribution in [2.45, 2.75) is 62.9 Å².